The Morgan fingerprint density at radius 1 is 0.833 bits per heavy atom. The van der Waals surface area contributed by atoms with Crippen molar-refractivity contribution >= 4 is 28.0 Å². The predicted octanol–water partition coefficient (Wildman–Crippen LogP) is -0.881. The molecule has 0 bridgehead atoms. The molecule has 2 aromatic carbocycles. The molecule has 0 aliphatic rings. The van der Waals surface area contributed by atoms with E-state index in [1.165, 1.54) is 10.8 Å². The number of rotatable bonds is 0. The summed E-state index contributed by atoms with van der Waals surface area (Å²) in [5.74, 6) is 0. The van der Waals surface area contributed by atoms with Crippen molar-refractivity contribution in [2.75, 3.05) is 0 Å². The summed E-state index contributed by atoms with van der Waals surface area (Å²) in [6.45, 7) is 2.00. The summed E-state index contributed by atoms with van der Waals surface area (Å²) in [5.41, 5.74) is 0. The van der Waals surface area contributed by atoms with Gasteiger partial charge in [-0.15, -0.1) is 0 Å². The molecule has 7 heteroatoms. The fraction of sp³-hybridized carbons (Fsp3) is 0. The largest absolute Gasteiger partial charge is 1.00 e. The van der Waals surface area contributed by atoms with Gasteiger partial charge in [-0.2, -0.15) is 8.42 Å². The smallest absolute Gasteiger partial charge is 1.00 e. The molecule has 0 aromatic heterocycles. The summed E-state index contributed by atoms with van der Waals surface area (Å²) in [6, 6.07) is 16.7. The van der Waals surface area contributed by atoms with E-state index in [2.05, 4.69) is 48.5 Å². The van der Waals surface area contributed by atoms with Crippen molar-refractivity contribution in [1.82, 2.24) is 0 Å². The predicted molar refractivity (Wildman–Crippen MR) is 66.4 cm³/mol. The summed E-state index contributed by atoms with van der Waals surface area (Å²) in [7, 11) is -4.67. The Bertz CT molecular complexity index is 488. The Balaban J connectivity index is -0.000000251. The first-order valence-corrected chi connectivity index (χ1v) is 5.79. The summed E-state index contributed by atoms with van der Waals surface area (Å²) >= 11 is 0. The SMILES string of the molecule is C=O.O=S(=O)(O)O.[H-].[Na+].c1ccc2ccccc2c1. The standard InChI is InChI=1S/C10H8.CH2O.Na.H2O4S.H/c1-2-6-10-8-4-3-7-9(10)5-1;1-2;;1-5(2,3)4;/h1-8H;1H2;;(H2,1,2,3,4);/q;;+1;;-1. The topological polar surface area (TPSA) is 91.7 Å². The van der Waals surface area contributed by atoms with Crippen LogP contribution in [0, 0.1) is 0 Å². The molecular formula is C11H13NaO5S. The number of hydrogen-bond donors (Lipinski definition) is 2. The third-order valence-corrected chi connectivity index (χ3v) is 1.66. The van der Waals surface area contributed by atoms with Crippen LogP contribution in [0.1, 0.15) is 1.43 Å². The van der Waals surface area contributed by atoms with Crippen LogP contribution in [0.3, 0.4) is 0 Å². The molecule has 0 aliphatic heterocycles. The van der Waals surface area contributed by atoms with Crippen LogP contribution in [-0.2, 0) is 15.2 Å². The van der Waals surface area contributed by atoms with Crippen molar-refractivity contribution < 1.29 is 53.3 Å². The van der Waals surface area contributed by atoms with Crippen LogP contribution in [-0.4, -0.2) is 24.3 Å². The van der Waals surface area contributed by atoms with Gasteiger partial charge in [0.15, 0.2) is 0 Å². The van der Waals surface area contributed by atoms with E-state index in [0.717, 1.165) is 0 Å². The van der Waals surface area contributed by atoms with Crippen LogP contribution >= 0.6 is 0 Å². The summed E-state index contributed by atoms with van der Waals surface area (Å²) in [5, 5.41) is 2.62. The average Bonchev–Trinajstić information content (AvgIpc) is 2.30. The number of fused-ring (bicyclic) bond motifs is 1. The first-order valence-electron chi connectivity index (χ1n) is 4.39. The number of carbonyl (C=O) groups excluding carboxylic acids is 1. The van der Waals surface area contributed by atoms with Gasteiger partial charge in [-0.25, -0.2) is 0 Å². The fourth-order valence-electron chi connectivity index (χ4n) is 1.13. The van der Waals surface area contributed by atoms with E-state index < -0.39 is 10.4 Å². The van der Waals surface area contributed by atoms with E-state index in [1.54, 1.807) is 0 Å². The summed E-state index contributed by atoms with van der Waals surface area (Å²) in [4.78, 5) is 8.00. The van der Waals surface area contributed by atoms with E-state index >= 15 is 0 Å². The van der Waals surface area contributed by atoms with E-state index in [0.29, 0.717) is 0 Å². The fourth-order valence-corrected chi connectivity index (χ4v) is 1.13. The zero-order chi connectivity index (χ0) is 13.3. The van der Waals surface area contributed by atoms with Gasteiger partial charge in [0.25, 0.3) is 0 Å². The Labute approximate surface area is 129 Å². The molecule has 0 heterocycles. The zero-order valence-electron chi connectivity index (χ0n) is 10.9. The third kappa shape index (κ3) is 10.4. The van der Waals surface area contributed by atoms with E-state index in [1.807, 2.05) is 6.79 Å². The maximum Gasteiger partial charge on any atom is 1.00 e. The molecule has 2 rings (SSSR count). The Hall–Kier alpha value is -0.760. The minimum absolute atomic E-state index is 0. The maximum atomic E-state index is 8.74. The van der Waals surface area contributed by atoms with Gasteiger partial charge < -0.3 is 6.22 Å². The molecule has 5 nitrogen and oxygen atoms in total. The normalized spacial score (nSPS) is 9.00. The molecule has 0 amide bonds. The number of hydrogen-bond acceptors (Lipinski definition) is 3. The van der Waals surface area contributed by atoms with Gasteiger partial charge in [0, 0.05) is 0 Å². The van der Waals surface area contributed by atoms with Crippen LogP contribution in [0.25, 0.3) is 10.8 Å². The minimum Gasteiger partial charge on any atom is -1.00 e. The Morgan fingerprint density at radius 2 is 1.00 bits per heavy atom. The molecule has 0 saturated heterocycles. The molecule has 0 radical (unpaired) electrons. The quantitative estimate of drug-likeness (QED) is 0.483. The monoisotopic (exact) mass is 280 g/mol. The molecule has 2 aromatic rings. The molecule has 0 spiro atoms. The van der Waals surface area contributed by atoms with Crippen LogP contribution in [0.5, 0.6) is 0 Å². The Kier molecular flexibility index (Phi) is 11.1. The van der Waals surface area contributed by atoms with Crippen molar-refractivity contribution in [2.24, 2.45) is 0 Å². The van der Waals surface area contributed by atoms with Crippen LogP contribution < -0.4 is 29.6 Å². The Morgan fingerprint density at radius 3 is 1.17 bits per heavy atom. The van der Waals surface area contributed by atoms with Crippen molar-refractivity contribution in [2.45, 2.75) is 0 Å². The van der Waals surface area contributed by atoms with Crippen molar-refractivity contribution in [3.05, 3.63) is 48.5 Å². The molecule has 0 saturated carbocycles. The van der Waals surface area contributed by atoms with Crippen molar-refractivity contribution in [1.29, 1.82) is 0 Å². The first kappa shape index (κ1) is 19.6. The van der Waals surface area contributed by atoms with Gasteiger partial charge in [-0.1, -0.05) is 48.5 Å². The summed E-state index contributed by atoms with van der Waals surface area (Å²) in [6.07, 6.45) is 0. The van der Waals surface area contributed by atoms with Crippen molar-refractivity contribution in [3.63, 3.8) is 0 Å². The molecule has 0 unspecified atom stereocenters. The minimum atomic E-state index is -4.67. The zero-order valence-corrected chi connectivity index (χ0v) is 12.7. The average molecular weight is 280 g/mol. The second kappa shape index (κ2) is 10.2. The van der Waals surface area contributed by atoms with E-state index in [4.69, 9.17) is 22.3 Å². The van der Waals surface area contributed by atoms with E-state index in [9.17, 15) is 0 Å². The third-order valence-electron chi connectivity index (χ3n) is 1.66. The van der Waals surface area contributed by atoms with Crippen LogP contribution in [0.15, 0.2) is 48.5 Å². The van der Waals surface area contributed by atoms with Gasteiger partial charge in [-0.3, -0.25) is 9.11 Å². The molecule has 0 fully saturated rings. The molecule has 94 valence electrons. The number of carbonyl (C=O) groups is 1. The van der Waals surface area contributed by atoms with Gasteiger partial charge in [0.2, 0.25) is 0 Å². The first-order chi connectivity index (χ1) is 7.97. The molecular weight excluding hydrogens is 267 g/mol. The number of benzene rings is 2. The van der Waals surface area contributed by atoms with E-state index in [-0.39, 0.29) is 31.0 Å². The van der Waals surface area contributed by atoms with Crippen LogP contribution in [0.2, 0.25) is 0 Å². The molecule has 0 atom stereocenters. The molecule has 2 N–H and O–H groups in total. The van der Waals surface area contributed by atoms with Gasteiger partial charge in [0.1, 0.15) is 6.79 Å². The van der Waals surface area contributed by atoms with Crippen LogP contribution in [0.4, 0.5) is 0 Å². The summed E-state index contributed by atoms with van der Waals surface area (Å²) < 4.78 is 31.6. The molecule has 18 heavy (non-hydrogen) atoms. The molecule has 0 aliphatic carbocycles. The van der Waals surface area contributed by atoms with Crippen molar-refractivity contribution in [3.8, 4) is 0 Å². The second-order valence-electron chi connectivity index (χ2n) is 2.79. The maximum absolute atomic E-state index is 8.74. The second-order valence-corrected chi connectivity index (χ2v) is 3.69. The van der Waals surface area contributed by atoms with Gasteiger partial charge in [-0.05, 0) is 10.8 Å². The van der Waals surface area contributed by atoms with Gasteiger partial charge >= 0.3 is 40.0 Å². The van der Waals surface area contributed by atoms with Gasteiger partial charge in [0.05, 0.1) is 0 Å².